The SMILES string of the molecule is CCc1noc(CC)c1CNC(=NC)NCCNC(C)(C)C. The van der Waals surface area contributed by atoms with Crippen molar-refractivity contribution in [1.82, 2.24) is 21.1 Å². The standard InChI is InChI=1S/C16H31N5O/c1-7-13-12(14(8-2)22-21-13)11-19-15(17-6)18-9-10-20-16(3,4)5/h20H,7-11H2,1-6H3,(H2,17,18,19). The fourth-order valence-electron chi connectivity index (χ4n) is 2.15. The largest absolute Gasteiger partial charge is 0.361 e. The molecule has 0 aliphatic heterocycles. The van der Waals surface area contributed by atoms with Crippen molar-refractivity contribution in [3.63, 3.8) is 0 Å². The first-order valence-corrected chi connectivity index (χ1v) is 8.07. The van der Waals surface area contributed by atoms with E-state index >= 15 is 0 Å². The molecule has 3 N–H and O–H groups in total. The van der Waals surface area contributed by atoms with Gasteiger partial charge in [0.05, 0.1) is 5.69 Å². The minimum Gasteiger partial charge on any atom is -0.361 e. The molecule has 0 aliphatic rings. The molecule has 1 aromatic heterocycles. The molecule has 22 heavy (non-hydrogen) atoms. The summed E-state index contributed by atoms with van der Waals surface area (Å²) in [4.78, 5) is 4.25. The topological polar surface area (TPSA) is 74.5 Å². The molecule has 0 saturated carbocycles. The molecule has 0 amide bonds. The van der Waals surface area contributed by atoms with Crippen LogP contribution >= 0.6 is 0 Å². The van der Waals surface area contributed by atoms with Crippen LogP contribution in [0.2, 0.25) is 0 Å². The van der Waals surface area contributed by atoms with E-state index in [1.54, 1.807) is 7.05 Å². The van der Waals surface area contributed by atoms with E-state index in [2.05, 4.69) is 60.7 Å². The van der Waals surface area contributed by atoms with E-state index in [0.717, 1.165) is 48.9 Å². The second kappa shape index (κ2) is 8.78. The van der Waals surface area contributed by atoms with Crippen LogP contribution in [0.15, 0.2) is 9.52 Å². The van der Waals surface area contributed by atoms with Crippen molar-refractivity contribution in [2.45, 2.75) is 59.5 Å². The highest BCUT2D eigenvalue weighted by molar-refractivity contribution is 5.79. The number of nitrogens with one attached hydrogen (secondary N) is 3. The molecule has 1 heterocycles. The maximum absolute atomic E-state index is 5.38. The van der Waals surface area contributed by atoms with Gasteiger partial charge in [0.15, 0.2) is 5.96 Å². The summed E-state index contributed by atoms with van der Waals surface area (Å²) in [5, 5.41) is 14.2. The average molecular weight is 309 g/mol. The zero-order valence-corrected chi connectivity index (χ0v) is 14.8. The number of hydrogen-bond donors (Lipinski definition) is 3. The van der Waals surface area contributed by atoms with Crippen LogP contribution in [0.5, 0.6) is 0 Å². The third-order valence-electron chi connectivity index (χ3n) is 3.34. The van der Waals surface area contributed by atoms with Crippen LogP contribution in [-0.2, 0) is 19.4 Å². The molecule has 0 spiro atoms. The number of aryl methyl sites for hydroxylation is 2. The molecule has 0 radical (unpaired) electrons. The van der Waals surface area contributed by atoms with Crippen LogP contribution in [0.1, 0.15) is 51.6 Å². The van der Waals surface area contributed by atoms with Crippen LogP contribution in [0.3, 0.4) is 0 Å². The molecule has 0 unspecified atom stereocenters. The van der Waals surface area contributed by atoms with Crippen LogP contribution in [-0.4, -0.2) is 36.8 Å². The number of rotatable bonds is 7. The van der Waals surface area contributed by atoms with Crippen molar-refractivity contribution in [1.29, 1.82) is 0 Å². The van der Waals surface area contributed by atoms with Gasteiger partial charge < -0.3 is 20.5 Å². The van der Waals surface area contributed by atoms with Gasteiger partial charge in [0, 0.05) is 44.2 Å². The second-order valence-electron chi connectivity index (χ2n) is 6.27. The van der Waals surface area contributed by atoms with E-state index in [4.69, 9.17) is 4.52 Å². The summed E-state index contributed by atoms with van der Waals surface area (Å²) in [6.45, 7) is 13.0. The average Bonchev–Trinajstić information content (AvgIpc) is 2.87. The van der Waals surface area contributed by atoms with E-state index in [1.165, 1.54) is 0 Å². The smallest absolute Gasteiger partial charge is 0.191 e. The highest BCUT2D eigenvalue weighted by Gasteiger charge is 2.13. The van der Waals surface area contributed by atoms with Crippen LogP contribution in [0.4, 0.5) is 0 Å². The number of nitrogens with zero attached hydrogens (tertiary/aromatic N) is 2. The van der Waals surface area contributed by atoms with Gasteiger partial charge >= 0.3 is 0 Å². The first kappa shape index (κ1) is 18.5. The van der Waals surface area contributed by atoms with E-state index in [0.29, 0.717) is 6.54 Å². The summed E-state index contributed by atoms with van der Waals surface area (Å²) in [7, 11) is 1.78. The van der Waals surface area contributed by atoms with Gasteiger partial charge in [0.2, 0.25) is 0 Å². The number of aliphatic imine (C=N–C) groups is 1. The zero-order valence-electron chi connectivity index (χ0n) is 14.8. The molecule has 0 aliphatic carbocycles. The summed E-state index contributed by atoms with van der Waals surface area (Å²) in [6, 6.07) is 0. The predicted octanol–water partition coefficient (Wildman–Crippen LogP) is 1.85. The summed E-state index contributed by atoms with van der Waals surface area (Å²) in [5.74, 6) is 1.75. The molecular weight excluding hydrogens is 278 g/mol. The number of guanidine groups is 1. The van der Waals surface area contributed by atoms with Crippen LogP contribution in [0.25, 0.3) is 0 Å². The van der Waals surface area contributed by atoms with E-state index in [-0.39, 0.29) is 5.54 Å². The van der Waals surface area contributed by atoms with Gasteiger partial charge in [-0.1, -0.05) is 19.0 Å². The molecule has 1 aromatic rings. The Labute approximate surface area is 134 Å². The molecular formula is C16H31N5O. The number of hydrogen-bond acceptors (Lipinski definition) is 4. The maximum atomic E-state index is 5.38. The minimum atomic E-state index is 0.132. The monoisotopic (exact) mass is 309 g/mol. The van der Waals surface area contributed by atoms with Gasteiger partial charge in [0.1, 0.15) is 5.76 Å². The Balaban J connectivity index is 2.46. The zero-order chi connectivity index (χ0) is 16.6. The van der Waals surface area contributed by atoms with Crippen molar-refractivity contribution in [3.05, 3.63) is 17.0 Å². The van der Waals surface area contributed by atoms with Gasteiger partial charge in [-0.15, -0.1) is 0 Å². The Kier molecular flexibility index (Phi) is 7.38. The lowest BCUT2D eigenvalue weighted by atomic mass is 10.1. The molecule has 0 bridgehead atoms. The predicted molar refractivity (Wildman–Crippen MR) is 91.2 cm³/mol. The van der Waals surface area contributed by atoms with Crippen molar-refractivity contribution in [2.24, 2.45) is 4.99 Å². The van der Waals surface area contributed by atoms with Crippen molar-refractivity contribution in [3.8, 4) is 0 Å². The number of aromatic nitrogens is 1. The molecule has 0 fully saturated rings. The lowest BCUT2D eigenvalue weighted by Gasteiger charge is -2.21. The van der Waals surface area contributed by atoms with Gasteiger partial charge in [0.25, 0.3) is 0 Å². The molecule has 0 saturated heterocycles. The van der Waals surface area contributed by atoms with Crippen molar-refractivity contribution in [2.75, 3.05) is 20.1 Å². The molecule has 1 rings (SSSR count). The Morgan fingerprint density at radius 2 is 1.86 bits per heavy atom. The van der Waals surface area contributed by atoms with Crippen LogP contribution < -0.4 is 16.0 Å². The van der Waals surface area contributed by atoms with Gasteiger partial charge in [-0.2, -0.15) is 0 Å². The van der Waals surface area contributed by atoms with E-state index < -0.39 is 0 Å². The third-order valence-corrected chi connectivity index (χ3v) is 3.34. The summed E-state index contributed by atoms with van der Waals surface area (Å²) in [6.07, 6.45) is 1.73. The maximum Gasteiger partial charge on any atom is 0.191 e. The molecule has 126 valence electrons. The quantitative estimate of drug-likeness (QED) is 0.407. The Morgan fingerprint density at radius 3 is 2.41 bits per heavy atom. The lowest BCUT2D eigenvalue weighted by molar-refractivity contribution is 0.380. The van der Waals surface area contributed by atoms with Gasteiger partial charge in [-0.25, -0.2) is 0 Å². The molecule has 6 heteroatoms. The molecule has 0 atom stereocenters. The van der Waals surface area contributed by atoms with E-state index in [9.17, 15) is 0 Å². The fourth-order valence-corrected chi connectivity index (χ4v) is 2.15. The second-order valence-corrected chi connectivity index (χ2v) is 6.27. The Hall–Kier alpha value is -1.56. The fraction of sp³-hybridized carbons (Fsp3) is 0.750. The highest BCUT2D eigenvalue weighted by atomic mass is 16.5. The Bertz CT molecular complexity index is 452. The summed E-state index contributed by atoms with van der Waals surface area (Å²) < 4.78 is 5.38. The lowest BCUT2D eigenvalue weighted by Crippen LogP contribution is -2.44. The summed E-state index contributed by atoms with van der Waals surface area (Å²) >= 11 is 0. The van der Waals surface area contributed by atoms with Crippen molar-refractivity contribution < 1.29 is 4.52 Å². The highest BCUT2D eigenvalue weighted by Crippen LogP contribution is 2.15. The third kappa shape index (κ3) is 6.05. The van der Waals surface area contributed by atoms with Crippen LogP contribution in [0, 0.1) is 0 Å². The van der Waals surface area contributed by atoms with Crippen molar-refractivity contribution >= 4 is 5.96 Å². The summed E-state index contributed by atoms with van der Waals surface area (Å²) in [5.41, 5.74) is 2.31. The van der Waals surface area contributed by atoms with E-state index in [1.807, 2.05) is 0 Å². The van der Waals surface area contributed by atoms with Gasteiger partial charge in [-0.05, 0) is 27.2 Å². The molecule has 0 aromatic carbocycles. The first-order chi connectivity index (χ1) is 10.4. The van der Waals surface area contributed by atoms with Gasteiger partial charge in [-0.3, -0.25) is 4.99 Å². The first-order valence-electron chi connectivity index (χ1n) is 8.07. The molecule has 6 nitrogen and oxygen atoms in total. The normalized spacial score (nSPS) is 12.5. The minimum absolute atomic E-state index is 0.132. The Morgan fingerprint density at radius 1 is 1.14 bits per heavy atom.